The molecular weight excluding hydrogens is 258 g/mol. The Kier molecular flexibility index (Phi) is 4.60. The van der Waals surface area contributed by atoms with Crippen molar-refractivity contribution in [3.05, 3.63) is 42.0 Å². The Morgan fingerprint density at radius 3 is 3.00 bits per heavy atom. The van der Waals surface area contributed by atoms with Crippen molar-refractivity contribution in [1.29, 1.82) is 0 Å². The number of rotatable bonds is 6. The lowest BCUT2D eigenvalue weighted by atomic mass is 10.1. The smallest absolute Gasteiger partial charge is 0.255 e. The molecule has 2 rings (SSSR count). The second-order valence-corrected chi connectivity index (χ2v) is 4.28. The molecule has 0 bridgehead atoms. The highest BCUT2D eigenvalue weighted by atomic mass is 16.5. The minimum atomic E-state index is -0.301. The van der Waals surface area contributed by atoms with Crippen molar-refractivity contribution in [3.63, 3.8) is 0 Å². The number of hydrogen-bond acceptors (Lipinski definition) is 4. The van der Waals surface area contributed by atoms with Crippen LogP contribution in [-0.4, -0.2) is 34.6 Å². The van der Waals surface area contributed by atoms with Crippen molar-refractivity contribution in [3.8, 4) is 11.5 Å². The van der Waals surface area contributed by atoms with Crippen molar-refractivity contribution in [2.24, 2.45) is 0 Å². The Morgan fingerprint density at radius 1 is 1.50 bits per heavy atom. The van der Waals surface area contributed by atoms with Gasteiger partial charge in [-0.1, -0.05) is 0 Å². The number of phenolic OH excluding ortho intramolecular Hbond substituents is 1. The van der Waals surface area contributed by atoms with E-state index in [-0.39, 0.29) is 17.2 Å². The fourth-order valence-corrected chi connectivity index (χ4v) is 1.82. The Morgan fingerprint density at radius 2 is 2.35 bits per heavy atom. The predicted octanol–water partition coefficient (Wildman–Crippen LogP) is 1.49. The third-order valence-electron chi connectivity index (χ3n) is 2.88. The van der Waals surface area contributed by atoms with Gasteiger partial charge in [-0.25, -0.2) is 4.98 Å². The van der Waals surface area contributed by atoms with Crippen LogP contribution in [0.4, 0.5) is 0 Å². The van der Waals surface area contributed by atoms with Gasteiger partial charge >= 0.3 is 0 Å². The molecule has 0 spiro atoms. The molecule has 0 saturated heterocycles. The van der Waals surface area contributed by atoms with Crippen LogP contribution in [0.3, 0.4) is 0 Å². The lowest BCUT2D eigenvalue weighted by Gasteiger charge is -2.07. The van der Waals surface area contributed by atoms with E-state index < -0.39 is 0 Å². The van der Waals surface area contributed by atoms with Crippen LogP contribution in [0, 0.1) is 0 Å². The maximum atomic E-state index is 11.9. The van der Waals surface area contributed by atoms with Gasteiger partial charge in [-0.2, -0.15) is 0 Å². The Labute approximate surface area is 116 Å². The van der Waals surface area contributed by atoms with Gasteiger partial charge in [0, 0.05) is 31.4 Å². The summed E-state index contributed by atoms with van der Waals surface area (Å²) in [5, 5.41) is 12.5. The van der Waals surface area contributed by atoms with Crippen LogP contribution in [0.2, 0.25) is 0 Å². The number of carbonyl (C=O) groups excluding carboxylic acids is 1. The summed E-state index contributed by atoms with van der Waals surface area (Å²) in [6, 6.07) is 4.59. The highest BCUT2D eigenvalue weighted by Gasteiger charge is 2.11. The molecule has 6 heteroatoms. The quantitative estimate of drug-likeness (QED) is 0.697. The molecule has 0 aliphatic heterocycles. The van der Waals surface area contributed by atoms with Crippen LogP contribution in [0.25, 0.3) is 0 Å². The van der Waals surface area contributed by atoms with Gasteiger partial charge in [0.05, 0.1) is 12.7 Å². The molecule has 1 amide bonds. The average molecular weight is 275 g/mol. The van der Waals surface area contributed by atoms with E-state index in [1.165, 1.54) is 19.2 Å². The van der Waals surface area contributed by atoms with E-state index >= 15 is 0 Å². The number of nitrogens with one attached hydrogen (secondary N) is 2. The number of aromatic hydroxyl groups is 1. The van der Waals surface area contributed by atoms with E-state index in [4.69, 9.17) is 4.74 Å². The monoisotopic (exact) mass is 275 g/mol. The normalized spacial score (nSPS) is 10.2. The number of aromatic amines is 1. The molecule has 2 aromatic rings. The van der Waals surface area contributed by atoms with E-state index in [1.54, 1.807) is 18.5 Å². The summed E-state index contributed by atoms with van der Waals surface area (Å²) < 4.78 is 4.97. The van der Waals surface area contributed by atoms with Gasteiger partial charge in [0.15, 0.2) is 0 Å². The van der Waals surface area contributed by atoms with Crippen LogP contribution in [0.5, 0.6) is 11.5 Å². The fourth-order valence-electron chi connectivity index (χ4n) is 1.82. The number of nitrogens with zero attached hydrogens (tertiary/aromatic N) is 1. The molecule has 106 valence electrons. The van der Waals surface area contributed by atoms with Crippen LogP contribution in [-0.2, 0) is 6.42 Å². The Bertz CT molecular complexity index is 567. The molecule has 0 saturated carbocycles. The van der Waals surface area contributed by atoms with Gasteiger partial charge in [0.1, 0.15) is 17.3 Å². The number of ether oxygens (including phenoxy) is 1. The van der Waals surface area contributed by atoms with Crippen molar-refractivity contribution >= 4 is 5.91 Å². The van der Waals surface area contributed by atoms with E-state index in [0.717, 1.165) is 18.7 Å². The molecule has 1 heterocycles. The molecule has 0 aliphatic rings. The second-order valence-electron chi connectivity index (χ2n) is 4.28. The first-order valence-corrected chi connectivity index (χ1v) is 6.34. The van der Waals surface area contributed by atoms with Crippen molar-refractivity contribution < 1.29 is 14.6 Å². The molecule has 3 N–H and O–H groups in total. The zero-order valence-electron chi connectivity index (χ0n) is 11.2. The SMILES string of the molecule is COc1ccc(C(=O)NCCCc2ncc[nH]2)c(O)c1. The molecule has 20 heavy (non-hydrogen) atoms. The molecule has 0 unspecified atom stereocenters. The summed E-state index contributed by atoms with van der Waals surface area (Å²) in [6.07, 6.45) is 5.00. The highest BCUT2D eigenvalue weighted by Crippen LogP contribution is 2.23. The summed E-state index contributed by atoms with van der Waals surface area (Å²) >= 11 is 0. The maximum absolute atomic E-state index is 11.9. The van der Waals surface area contributed by atoms with E-state index in [0.29, 0.717) is 12.3 Å². The zero-order chi connectivity index (χ0) is 14.4. The molecule has 6 nitrogen and oxygen atoms in total. The zero-order valence-corrected chi connectivity index (χ0v) is 11.2. The molecule has 1 aromatic carbocycles. The molecule has 0 aliphatic carbocycles. The van der Waals surface area contributed by atoms with E-state index in [2.05, 4.69) is 15.3 Å². The summed E-state index contributed by atoms with van der Waals surface area (Å²) in [5.41, 5.74) is 0.240. The molecule has 0 radical (unpaired) electrons. The standard InChI is InChI=1S/C14H17N3O3/c1-20-10-4-5-11(12(18)9-10)14(19)17-6-2-3-13-15-7-8-16-13/h4-5,7-9,18H,2-3,6H2,1H3,(H,15,16)(H,17,19). The first kappa shape index (κ1) is 13.9. The second kappa shape index (κ2) is 6.60. The number of phenols is 1. The summed E-state index contributed by atoms with van der Waals surface area (Å²) in [6.45, 7) is 0.519. The predicted molar refractivity (Wildman–Crippen MR) is 73.9 cm³/mol. The number of amides is 1. The number of hydrogen-bond donors (Lipinski definition) is 3. The van der Waals surface area contributed by atoms with Gasteiger partial charge in [-0.15, -0.1) is 0 Å². The highest BCUT2D eigenvalue weighted by molar-refractivity contribution is 5.96. The Balaban J connectivity index is 1.82. The lowest BCUT2D eigenvalue weighted by molar-refractivity contribution is 0.0950. The van der Waals surface area contributed by atoms with Crippen LogP contribution in [0.15, 0.2) is 30.6 Å². The minimum absolute atomic E-state index is 0.0899. The Hall–Kier alpha value is -2.50. The average Bonchev–Trinajstić information content (AvgIpc) is 2.96. The number of aryl methyl sites for hydroxylation is 1. The van der Waals surface area contributed by atoms with Gasteiger partial charge in [0.25, 0.3) is 5.91 Å². The third kappa shape index (κ3) is 3.50. The number of H-pyrrole nitrogens is 1. The minimum Gasteiger partial charge on any atom is -0.507 e. The number of benzene rings is 1. The number of aromatic nitrogens is 2. The lowest BCUT2D eigenvalue weighted by Crippen LogP contribution is -2.24. The molecule has 1 aromatic heterocycles. The molecule has 0 atom stereocenters. The summed E-state index contributed by atoms with van der Waals surface area (Å²) in [5.74, 6) is 1.01. The summed E-state index contributed by atoms with van der Waals surface area (Å²) in [4.78, 5) is 19.0. The van der Waals surface area contributed by atoms with Gasteiger partial charge in [-0.3, -0.25) is 4.79 Å². The topological polar surface area (TPSA) is 87.2 Å². The fraction of sp³-hybridized carbons (Fsp3) is 0.286. The maximum Gasteiger partial charge on any atom is 0.255 e. The van der Waals surface area contributed by atoms with E-state index in [9.17, 15) is 9.90 Å². The third-order valence-corrected chi connectivity index (χ3v) is 2.88. The molecule has 0 fully saturated rings. The van der Waals surface area contributed by atoms with E-state index in [1.807, 2.05) is 0 Å². The first-order chi connectivity index (χ1) is 9.70. The van der Waals surface area contributed by atoms with Crippen LogP contribution < -0.4 is 10.1 Å². The summed E-state index contributed by atoms with van der Waals surface area (Å²) in [7, 11) is 1.50. The van der Waals surface area contributed by atoms with Gasteiger partial charge in [0.2, 0.25) is 0 Å². The van der Waals surface area contributed by atoms with Crippen molar-refractivity contribution in [2.45, 2.75) is 12.8 Å². The number of methoxy groups -OCH3 is 1. The van der Waals surface area contributed by atoms with Gasteiger partial charge in [-0.05, 0) is 18.6 Å². The first-order valence-electron chi connectivity index (χ1n) is 6.34. The largest absolute Gasteiger partial charge is 0.507 e. The van der Waals surface area contributed by atoms with Crippen molar-refractivity contribution in [1.82, 2.24) is 15.3 Å². The number of carbonyl (C=O) groups is 1. The van der Waals surface area contributed by atoms with Crippen LogP contribution >= 0.6 is 0 Å². The van der Waals surface area contributed by atoms with Crippen molar-refractivity contribution in [2.75, 3.05) is 13.7 Å². The molecular formula is C14H17N3O3. The number of imidazole rings is 1. The van der Waals surface area contributed by atoms with Crippen LogP contribution in [0.1, 0.15) is 22.6 Å². The van der Waals surface area contributed by atoms with Gasteiger partial charge < -0.3 is 20.1 Å².